The summed E-state index contributed by atoms with van der Waals surface area (Å²) in [7, 11) is 0. The molecule has 10 heteroatoms. The first kappa shape index (κ1) is 63.5. The maximum atomic E-state index is 7.27. The second kappa shape index (κ2) is 28.5. The van der Waals surface area contributed by atoms with Crippen molar-refractivity contribution in [1.82, 2.24) is 10.6 Å². The van der Waals surface area contributed by atoms with E-state index in [-0.39, 0.29) is 21.7 Å². The van der Waals surface area contributed by atoms with Crippen LogP contribution in [0, 0.1) is 0 Å². The number of anilines is 2. The summed E-state index contributed by atoms with van der Waals surface area (Å²) in [5.74, 6) is 3.80. The van der Waals surface area contributed by atoms with Gasteiger partial charge in [0.05, 0.1) is 26.4 Å². The van der Waals surface area contributed by atoms with Gasteiger partial charge < -0.3 is 40.2 Å². The van der Waals surface area contributed by atoms with Crippen molar-refractivity contribution < 1.29 is 18.9 Å². The Kier molecular flexibility index (Phi) is 22.0. The molecule has 0 fully saturated rings. The van der Waals surface area contributed by atoms with Crippen molar-refractivity contribution in [3.8, 4) is 23.0 Å². The van der Waals surface area contributed by atoms with E-state index in [1.807, 2.05) is 60.7 Å². The van der Waals surface area contributed by atoms with E-state index in [0.717, 1.165) is 108 Å². The molecule has 0 saturated carbocycles. The smallest absolute Gasteiger partial charge is 0.170 e. The highest BCUT2D eigenvalue weighted by Gasteiger charge is 2.30. The Morgan fingerprint density at radius 1 is 0.366 bits per heavy atom. The van der Waals surface area contributed by atoms with E-state index in [0.29, 0.717) is 62.3 Å². The van der Waals surface area contributed by atoms with Crippen molar-refractivity contribution >= 4 is 46.0 Å². The van der Waals surface area contributed by atoms with E-state index in [1.165, 1.54) is 44.5 Å². The molecule has 6 aromatic rings. The number of para-hydroxylation sites is 2. The Bertz CT molecular complexity index is 2780. The molecule has 0 spiro atoms. The van der Waals surface area contributed by atoms with Crippen LogP contribution in [0.15, 0.2) is 109 Å². The molecule has 1 aliphatic carbocycles. The molecule has 7 rings (SSSR count). The minimum atomic E-state index is -0.147. The SMILES string of the molecule is CCCOc1c2cc(C(C)(C)C)cc1Cc1cc(C(C)(C)C)cc(c1OCCCCNC(=S)Nc1ccccc1)Cc1cc(C(C)(C)C)cc(c1OCCC)Cc1cc(C(C)(C)C)cc(c1OCCCCNC(=S)Nc1ccccc1)C2. The predicted octanol–water partition coefficient (Wildman–Crippen LogP) is 17.4. The van der Waals surface area contributed by atoms with Gasteiger partial charge in [-0.25, -0.2) is 0 Å². The molecule has 0 amide bonds. The maximum Gasteiger partial charge on any atom is 0.170 e. The molecular formula is C72H96N4O4S2. The van der Waals surface area contributed by atoms with Gasteiger partial charge >= 0.3 is 0 Å². The van der Waals surface area contributed by atoms with Crippen LogP contribution in [0.25, 0.3) is 0 Å². The molecule has 440 valence electrons. The summed E-state index contributed by atoms with van der Waals surface area (Å²) in [5.41, 5.74) is 15.8. The molecule has 0 heterocycles. The quantitative estimate of drug-likeness (QED) is 0.0437. The Balaban J connectivity index is 1.39. The molecule has 8 bridgehead atoms. The Morgan fingerprint density at radius 2 is 0.610 bits per heavy atom. The highest BCUT2D eigenvalue weighted by molar-refractivity contribution is 7.80. The van der Waals surface area contributed by atoms with Gasteiger partial charge in [0, 0.05) is 50.1 Å². The number of thiocarbonyl (C=S) groups is 2. The molecule has 6 aromatic carbocycles. The number of ether oxygens (including phenoxy) is 4. The molecule has 1 aliphatic rings. The van der Waals surface area contributed by atoms with Gasteiger partial charge in [-0.3, -0.25) is 0 Å². The average Bonchev–Trinajstić information content (AvgIpc) is 3.54. The number of benzene rings is 6. The zero-order valence-corrected chi connectivity index (χ0v) is 53.8. The van der Waals surface area contributed by atoms with E-state index >= 15 is 0 Å². The van der Waals surface area contributed by atoms with E-state index < -0.39 is 0 Å². The predicted molar refractivity (Wildman–Crippen MR) is 354 cm³/mol. The topological polar surface area (TPSA) is 85.0 Å². The van der Waals surface area contributed by atoms with E-state index in [1.54, 1.807) is 0 Å². The zero-order chi connectivity index (χ0) is 59.2. The van der Waals surface area contributed by atoms with Crippen LogP contribution < -0.4 is 40.2 Å². The molecule has 82 heavy (non-hydrogen) atoms. The fourth-order valence-electron chi connectivity index (χ4n) is 10.4. The van der Waals surface area contributed by atoms with Crippen LogP contribution in [0.4, 0.5) is 11.4 Å². The molecule has 0 atom stereocenters. The van der Waals surface area contributed by atoms with E-state index in [2.05, 4.69) is 167 Å². The summed E-state index contributed by atoms with van der Waals surface area (Å²) in [6.45, 7) is 36.1. The highest BCUT2D eigenvalue weighted by atomic mass is 32.1. The van der Waals surface area contributed by atoms with Crippen LogP contribution in [0.5, 0.6) is 23.0 Å². The average molecular weight is 1150 g/mol. The van der Waals surface area contributed by atoms with Crippen LogP contribution in [0.1, 0.15) is 202 Å². The lowest BCUT2D eigenvalue weighted by Gasteiger charge is -2.29. The van der Waals surface area contributed by atoms with Crippen LogP contribution in [0.3, 0.4) is 0 Å². The second-order valence-corrected chi connectivity index (χ2v) is 27.3. The van der Waals surface area contributed by atoms with Gasteiger partial charge in [0.15, 0.2) is 10.2 Å². The molecule has 0 aliphatic heterocycles. The van der Waals surface area contributed by atoms with Crippen molar-refractivity contribution in [3.05, 3.63) is 176 Å². The van der Waals surface area contributed by atoms with Gasteiger partial charge in [0.1, 0.15) is 23.0 Å². The van der Waals surface area contributed by atoms with Crippen LogP contribution >= 0.6 is 24.4 Å². The number of nitrogens with one attached hydrogen (secondary N) is 4. The fraction of sp³-hybridized carbons (Fsp3) is 0.472. The van der Waals surface area contributed by atoms with Crippen molar-refractivity contribution in [1.29, 1.82) is 0 Å². The van der Waals surface area contributed by atoms with Gasteiger partial charge in [-0.15, -0.1) is 0 Å². The number of unbranched alkanes of at least 4 members (excludes halogenated alkanes) is 2. The third kappa shape index (κ3) is 18.0. The summed E-state index contributed by atoms with van der Waals surface area (Å²) >= 11 is 11.4. The standard InChI is InChI=1S/C72H96N4O4S2/c1-15-33-77-63-49-37-53-45-59(71(9,10)11)47-55(65(53)79-35-25-23-31-73-67(81)75-61-27-19-17-20-28-61)39-51-43-58(70(6,7)8)44-52(64(51)78-34-16-2)40-56-48-60(72(12,13)14)46-54(38-50(63)42-57(41-49)69(3,4)5)66(56)80-36-26-24-32-74-68(82)76-62-29-21-18-22-30-62/h17-22,27-30,41-48H,15-16,23-26,31-40H2,1-14H3,(H2,73,75,81)(H2,74,76,82). The van der Waals surface area contributed by atoms with Crippen molar-refractivity contribution in [2.45, 2.75) is 183 Å². The number of fused-ring (bicyclic) bond motifs is 8. The summed E-state index contributed by atoms with van der Waals surface area (Å²) in [4.78, 5) is 0. The lowest BCUT2D eigenvalue weighted by atomic mass is 9.79. The number of hydrogen-bond acceptors (Lipinski definition) is 6. The molecule has 0 saturated heterocycles. The van der Waals surface area contributed by atoms with Crippen molar-refractivity contribution in [2.24, 2.45) is 0 Å². The van der Waals surface area contributed by atoms with E-state index in [4.69, 9.17) is 43.4 Å². The first-order valence-electron chi connectivity index (χ1n) is 30.3. The molecule has 0 radical (unpaired) electrons. The highest BCUT2D eigenvalue weighted by Crippen LogP contribution is 2.45. The van der Waals surface area contributed by atoms with Crippen LogP contribution in [-0.4, -0.2) is 49.7 Å². The second-order valence-electron chi connectivity index (χ2n) is 26.5. The summed E-state index contributed by atoms with van der Waals surface area (Å²) in [6.07, 6.45) is 7.76. The molecule has 4 N–H and O–H groups in total. The monoisotopic (exact) mass is 1140 g/mol. The zero-order valence-electron chi connectivity index (χ0n) is 52.2. The maximum absolute atomic E-state index is 7.27. The Morgan fingerprint density at radius 3 is 0.841 bits per heavy atom. The van der Waals surface area contributed by atoms with Gasteiger partial charge in [-0.1, -0.05) is 182 Å². The lowest BCUT2D eigenvalue weighted by Crippen LogP contribution is -2.29. The van der Waals surface area contributed by atoms with Crippen LogP contribution in [0.2, 0.25) is 0 Å². The first-order valence-corrected chi connectivity index (χ1v) is 31.1. The lowest BCUT2D eigenvalue weighted by molar-refractivity contribution is 0.298. The number of rotatable bonds is 20. The largest absolute Gasteiger partial charge is 0.493 e. The molecule has 8 nitrogen and oxygen atoms in total. The number of hydrogen-bond donors (Lipinski definition) is 4. The van der Waals surface area contributed by atoms with Gasteiger partial charge in [-0.2, -0.15) is 0 Å². The third-order valence-corrected chi connectivity index (χ3v) is 15.6. The molecule has 0 unspecified atom stereocenters. The molecular weight excluding hydrogens is 1050 g/mol. The minimum Gasteiger partial charge on any atom is -0.493 e. The first-order chi connectivity index (χ1) is 38.9. The molecule has 0 aromatic heterocycles. The van der Waals surface area contributed by atoms with Gasteiger partial charge in [0.2, 0.25) is 0 Å². The van der Waals surface area contributed by atoms with Crippen molar-refractivity contribution in [3.63, 3.8) is 0 Å². The normalized spacial score (nSPS) is 12.8. The third-order valence-electron chi connectivity index (χ3n) is 15.1. The Labute approximate surface area is 504 Å². The van der Waals surface area contributed by atoms with Gasteiger partial charge in [0.25, 0.3) is 0 Å². The van der Waals surface area contributed by atoms with E-state index in [9.17, 15) is 0 Å². The summed E-state index contributed by atoms with van der Waals surface area (Å²) in [6, 6.07) is 39.5. The van der Waals surface area contributed by atoms with Gasteiger partial charge in [-0.05, 0) is 176 Å². The summed E-state index contributed by atoms with van der Waals surface area (Å²) < 4.78 is 28.7. The summed E-state index contributed by atoms with van der Waals surface area (Å²) in [5, 5.41) is 14.7. The van der Waals surface area contributed by atoms with Crippen LogP contribution in [-0.2, 0) is 47.3 Å². The fourth-order valence-corrected chi connectivity index (χ4v) is 10.8. The Hall–Kier alpha value is -6.10. The minimum absolute atomic E-state index is 0.145. The van der Waals surface area contributed by atoms with Crippen molar-refractivity contribution in [2.75, 3.05) is 50.2 Å².